The average Bonchev–Trinajstić information content (AvgIpc) is 3.30. The molecule has 7 nitrogen and oxygen atoms in total. The third kappa shape index (κ3) is 2.81. The van der Waals surface area contributed by atoms with Crippen molar-refractivity contribution in [3.8, 4) is 0 Å². The molecule has 2 aromatic heterocycles. The summed E-state index contributed by atoms with van der Waals surface area (Å²) in [5, 5.41) is 10.2. The van der Waals surface area contributed by atoms with Crippen molar-refractivity contribution in [1.82, 2.24) is 19.9 Å². The zero-order valence-electron chi connectivity index (χ0n) is 12.8. The molecular weight excluding hydrogens is 326 g/mol. The van der Waals surface area contributed by atoms with Gasteiger partial charge in [0.15, 0.2) is 0 Å². The number of morpholine rings is 1. The fourth-order valence-electron chi connectivity index (χ4n) is 2.58. The minimum absolute atomic E-state index is 0.272. The maximum atomic E-state index is 12.5. The molecule has 0 unspecified atom stereocenters. The summed E-state index contributed by atoms with van der Waals surface area (Å²) in [5.74, 6) is 0.219. The first kappa shape index (κ1) is 15.0. The predicted octanol–water partition coefficient (Wildman–Crippen LogP) is 1.87. The molecule has 8 heteroatoms. The Bertz CT molecular complexity index is 881. The number of amides is 1. The zero-order valence-corrected chi connectivity index (χ0v) is 13.6. The van der Waals surface area contributed by atoms with Gasteiger partial charge in [-0.05, 0) is 23.6 Å². The van der Waals surface area contributed by atoms with Gasteiger partial charge in [-0.1, -0.05) is 23.4 Å². The van der Waals surface area contributed by atoms with Gasteiger partial charge in [-0.2, -0.15) is 9.67 Å². The second-order valence-electron chi connectivity index (χ2n) is 5.28. The van der Waals surface area contributed by atoms with Crippen LogP contribution in [-0.4, -0.2) is 58.1 Å². The molecule has 0 bridgehead atoms. The van der Waals surface area contributed by atoms with E-state index in [0.29, 0.717) is 37.1 Å². The van der Waals surface area contributed by atoms with Crippen LogP contribution in [0.15, 0.2) is 46.8 Å². The molecule has 0 atom stereocenters. The molecule has 3 heterocycles. The number of nitrogens with zero attached hydrogens (tertiary/aromatic N) is 5. The van der Waals surface area contributed by atoms with Gasteiger partial charge in [0.05, 0.1) is 23.6 Å². The lowest BCUT2D eigenvalue weighted by Gasteiger charge is -2.29. The molecule has 1 aromatic carbocycles. The van der Waals surface area contributed by atoms with Crippen molar-refractivity contribution in [2.24, 2.45) is 4.99 Å². The molecular formula is C16H15N5O2S. The van der Waals surface area contributed by atoms with Crippen LogP contribution in [0.25, 0.3) is 11.0 Å². The molecule has 0 radical (unpaired) electrons. The third-order valence-electron chi connectivity index (χ3n) is 3.77. The topological polar surface area (TPSA) is 72.6 Å². The second kappa shape index (κ2) is 6.50. The largest absolute Gasteiger partial charge is 0.378 e. The van der Waals surface area contributed by atoms with Gasteiger partial charge in [0.1, 0.15) is 5.52 Å². The number of hydrogen-bond donors (Lipinski definition) is 0. The van der Waals surface area contributed by atoms with Gasteiger partial charge in [-0.25, -0.2) is 0 Å². The normalized spacial score (nSPS) is 15.8. The van der Waals surface area contributed by atoms with Gasteiger partial charge in [-0.3, -0.25) is 4.79 Å². The van der Waals surface area contributed by atoms with Gasteiger partial charge >= 0.3 is 0 Å². The van der Waals surface area contributed by atoms with Crippen molar-refractivity contribution in [1.29, 1.82) is 0 Å². The summed E-state index contributed by atoms with van der Waals surface area (Å²) in [5.41, 5.74) is 1.59. The SMILES string of the molecule is O=C(N=C(N1CCOCC1)n1nnc2ccccc21)c1cccs1. The van der Waals surface area contributed by atoms with E-state index in [0.717, 1.165) is 11.0 Å². The van der Waals surface area contributed by atoms with Crippen LogP contribution in [0, 0.1) is 0 Å². The van der Waals surface area contributed by atoms with Crippen LogP contribution in [0.3, 0.4) is 0 Å². The highest BCUT2D eigenvalue weighted by Gasteiger charge is 2.21. The fraction of sp³-hybridized carbons (Fsp3) is 0.250. The third-order valence-corrected chi connectivity index (χ3v) is 4.63. The lowest BCUT2D eigenvalue weighted by atomic mass is 10.3. The summed E-state index contributed by atoms with van der Waals surface area (Å²) < 4.78 is 7.04. The monoisotopic (exact) mass is 341 g/mol. The van der Waals surface area contributed by atoms with Gasteiger partial charge in [0, 0.05) is 13.1 Å². The minimum atomic E-state index is -0.272. The molecule has 0 saturated carbocycles. The Hall–Kier alpha value is -2.58. The van der Waals surface area contributed by atoms with E-state index < -0.39 is 0 Å². The Labute approximate surface area is 142 Å². The molecule has 4 rings (SSSR count). The summed E-state index contributed by atoms with van der Waals surface area (Å²) in [6, 6.07) is 11.2. The number of aliphatic imine (C=N–C) groups is 1. The number of carbonyl (C=O) groups is 1. The highest BCUT2D eigenvalue weighted by molar-refractivity contribution is 7.12. The highest BCUT2D eigenvalue weighted by atomic mass is 32.1. The lowest BCUT2D eigenvalue weighted by Crippen LogP contribution is -2.44. The van der Waals surface area contributed by atoms with Crippen molar-refractivity contribution in [2.75, 3.05) is 26.3 Å². The van der Waals surface area contributed by atoms with Gasteiger partial charge in [0.2, 0.25) is 5.96 Å². The molecule has 24 heavy (non-hydrogen) atoms. The summed E-state index contributed by atoms with van der Waals surface area (Å²) in [6.45, 7) is 2.51. The standard InChI is InChI=1S/C16H15N5O2S/c22-15(14-6-3-11-24-14)17-16(20-7-9-23-10-8-20)21-13-5-2-1-4-12(13)18-19-21/h1-6,11H,7-10H2. The van der Waals surface area contributed by atoms with Crippen LogP contribution < -0.4 is 0 Å². The van der Waals surface area contributed by atoms with Crippen molar-refractivity contribution < 1.29 is 9.53 Å². The van der Waals surface area contributed by atoms with E-state index in [9.17, 15) is 4.79 Å². The van der Waals surface area contributed by atoms with E-state index in [1.165, 1.54) is 11.3 Å². The smallest absolute Gasteiger partial charge is 0.290 e. The maximum absolute atomic E-state index is 12.5. The number of aromatic nitrogens is 3. The summed E-state index contributed by atoms with van der Waals surface area (Å²) in [7, 11) is 0. The van der Waals surface area contributed by atoms with Crippen LogP contribution in [-0.2, 0) is 4.74 Å². The molecule has 1 amide bonds. The lowest BCUT2D eigenvalue weighted by molar-refractivity contribution is 0.0660. The Morgan fingerprint density at radius 2 is 2.00 bits per heavy atom. The predicted molar refractivity (Wildman–Crippen MR) is 91.4 cm³/mol. The van der Waals surface area contributed by atoms with Crippen molar-refractivity contribution in [2.45, 2.75) is 0 Å². The highest BCUT2D eigenvalue weighted by Crippen LogP contribution is 2.14. The maximum Gasteiger partial charge on any atom is 0.290 e. The van der Waals surface area contributed by atoms with E-state index in [1.807, 2.05) is 40.6 Å². The number of ether oxygens (including phenoxy) is 1. The molecule has 122 valence electrons. The fourth-order valence-corrected chi connectivity index (χ4v) is 3.19. The summed E-state index contributed by atoms with van der Waals surface area (Å²) in [4.78, 5) is 19.5. The van der Waals surface area contributed by atoms with Crippen molar-refractivity contribution in [3.05, 3.63) is 46.7 Å². The zero-order chi connectivity index (χ0) is 16.4. The Morgan fingerprint density at radius 3 is 2.79 bits per heavy atom. The average molecular weight is 341 g/mol. The molecule has 1 aliphatic rings. The molecule has 0 N–H and O–H groups in total. The van der Waals surface area contributed by atoms with Crippen molar-refractivity contribution >= 4 is 34.2 Å². The van der Waals surface area contributed by atoms with E-state index in [1.54, 1.807) is 10.7 Å². The number of para-hydroxylation sites is 1. The molecule has 0 aliphatic carbocycles. The van der Waals surface area contributed by atoms with E-state index >= 15 is 0 Å². The summed E-state index contributed by atoms with van der Waals surface area (Å²) in [6.07, 6.45) is 0. The Morgan fingerprint density at radius 1 is 1.17 bits per heavy atom. The summed E-state index contributed by atoms with van der Waals surface area (Å²) >= 11 is 1.38. The number of fused-ring (bicyclic) bond motifs is 1. The first-order valence-electron chi connectivity index (χ1n) is 7.63. The minimum Gasteiger partial charge on any atom is -0.378 e. The van der Waals surface area contributed by atoms with Crippen LogP contribution in [0.4, 0.5) is 0 Å². The van der Waals surface area contributed by atoms with Crippen molar-refractivity contribution in [3.63, 3.8) is 0 Å². The second-order valence-corrected chi connectivity index (χ2v) is 6.23. The quantitative estimate of drug-likeness (QED) is 0.499. The number of rotatable bonds is 1. The van der Waals surface area contributed by atoms with E-state index in [-0.39, 0.29) is 5.91 Å². The first-order valence-corrected chi connectivity index (χ1v) is 8.51. The van der Waals surface area contributed by atoms with Gasteiger partial charge < -0.3 is 9.64 Å². The molecule has 1 fully saturated rings. The number of carbonyl (C=O) groups excluding carboxylic acids is 1. The van der Waals surface area contributed by atoms with Crippen LogP contribution in [0.2, 0.25) is 0 Å². The van der Waals surface area contributed by atoms with Gasteiger partial charge in [-0.15, -0.1) is 16.4 Å². The number of hydrogen-bond acceptors (Lipinski definition) is 5. The molecule has 3 aromatic rings. The Kier molecular flexibility index (Phi) is 4.06. The van der Waals surface area contributed by atoms with Crippen LogP contribution in [0.1, 0.15) is 9.67 Å². The van der Waals surface area contributed by atoms with E-state index in [4.69, 9.17) is 4.74 Å². The number of thiophene rings is 1. The first-order chi connectivity index (χ1) is 11.8. The van der Waals surface area contributed by atoms with Crippen LogP contribution in [0.5, 0.6) is 0 Å². The molecule has 1 saturated heterocycles. The Balaban J connectivity index is 1.79. The molecule has 1 aliphatic heterocycles. The number of benzene rings is 1. The van der Waals surface area contributed by atoms with E-state index in [2.05, 4.69) is 15.3 Å². The molecule has 0 spiro atoms. The van der Waals surface area contributed by atoms with Gasteiger partial charge in [0.25, 0.3) is 5.91 Å². The van der Waals surface area contributed by atoms with Crippen LogP contribution >= 0.6 is 11.3 Å².